The highest BCUT2D eigenvalue weighted by Crippen LogP contribution is 2.48. The van der Waals surface area contributed by atoms with Gasteiger partial charge in [0, 0.05) is 0 Å². The molecule has 0 saturated carbocycles. The summed E-state index contributed by atoms with van der Waals surface area (Å²) in [7, 11) is -3.89. The number of fused-ring (bicyclic) bond motifs is 1. The molecule has 134 valence electrons. The van der Waals surface area contributed by atoms with Crippen molar-refractivity contribution in [1.82, 2.24) is 10.2 Å². The summed E-state index contributed by atoms with van der Waals surface area (Å²) in [5, 5.41) is 11.0. The van der Waals surface area contributed by atoms with Crippen LogP contribution in [0.25, 0.3) is 0 Å². The largest absolute Gasteiger partial charge is 0.480 e. The zero-order chi connectivity index (χ0) is 17.9. The van der Waals surface area contributed by atoms with Crippen LogP contribution in [-0.4, -0.2) is 71.6 Å². The predicted octanol–water partition coefficient (Wildman–Crippen LogP) is -1.27. The maximum Gasteiger partial charge on any atom is 0.328 e. The van der Waals surface area contributed by atoms with Gasteiger partial charge in [0.2, 0.25) is 5.91 Å². The molecule has 3 rings (SSSR count). The van der Waals surface area contributed by atoms with E-state index in [0.29, 0.717) is 13.0 Å². The molecular formula is C14H20N2O7S. The summed E-state index contributed by atoms with van der Waals surface area (Å²) in [6.07, 6.45) is 1.49. The van der Waals surface area contributed by atoms with Crippen molar-refractivity contribution in [3.8, 4) is 0 Å². The van der Waals surface area contributed by atoms with E-state index in [4.69, 9.17) is 4.74 Å². The highest BCUT2D eigenvalue weighted by Gasteiger charge is 2.72. The van der Waals surface area contributed by atoms with E-state index in [-0.39, 0.29) is 6.61 Å². The lowest BCUT2D eigenvalue weighted by Crippen LogP contribution is -2.64. The first kappa shape index (κ1) is 17.2. The minimum Gasteiger partial charge on any atom is -0.480 e. The maximum absolute atomic E-state index is 12.6. The number of carbonyl (C=O) groups excluding carboxylic acids is 2. The summed E-state index contributed by atoms with van der Waals surface area (Å²) in [4.78, 5) is 36.5. The van der Waals surface area contributed by atoms with Crippen molar-refractivity contribution in [2.45, 2.75) is 48.9 Å². The molecule has 0 aromatic carbocycles. The number of aliphatic carboxylic acids is 1. The van der Waals surface area contributed by atoms with Crippen molar-refractivity contribution in [3.05, 3.63) is 0 Å². The van der Waals surface area contributed by atoms with Crippen LogP contribution >= 0.6 is 0 Å². The number of hydrogen-bond donors (Lipinski definition) is 2. The fourth-order valence-corrected chi connectivity index (χ4v) is 6.02. The lowest BCUT2D eigenvalue weighted by molar-refractivity contribution is -0.169. The first-order chi connectivity index (χ1) is 11.1. The number of nitrogens with one attached hydrogen (secondary N) is 1. The van der Waals surface area contributed by atoms with Gasteiger partial charge >= 0.3 is 11.9 Å². The second-order valence-electron chi connectivity index (χ2n) is 6.91. The van der Waals surface area contributed by atoms with Crippen LogP contribution in [0.4, 0.5) is 0 Å². The molecule has 0 spiro atoms. The molecular weight excluding hydrogens is 340 g/mol. The van der Waals surface area contributed by atoms with Crippen molar-refractivity contribution in [2.24, 2.45) is 5.92 Å². The Bertz CT molecular complexity index is 696. The Morgan fingerprint density at radius 3 is 2.62 bits per heavy atom. The normalized spacial score (nSPS) is 36.1. The van der Waals surface area contributed by atoms with Gasteiger partial charge in [-0.3, -0.25) is 9.59 Å². The van der Waals surface area contributed by atoms with Gasteiger partial charge in [0.05, 0.1) is 4.75 Å². The van der Waals surface area contributed by atoms with Gasteiger partial charge in [0.15, 0.2) is 15.2 Å². The number of nitrogens with zero attached hydrogens (tertiary/aromatic N) is 1. The molecule has 3 fully saturated rings. The lowest BCUT2D eigenvalue weighted by Gasteiger charge is -2.42. The minimum atomic E-state index is -3.89. The third-order valence-electron chi connectivity index (χ3n) is 5.16. The predicted molar refractivity (Wildman–Crippen MR) is 80.5 cm³/mol. The van der Waals surface area contributed by atoms with Crippen molar-refractivity contribution >= 4 is 27.7 Å². The van der Waals surface area contributed by atoms with Crippen LogP contribution in [0.1, 0.15) is 26.7 Å². The van der Waals surface area contributed by atoms with Gasteiger partial charge in [-0.05, 0) is 33.2 Å². The number of esters is 1. The second kappa shape index (κ2) is 5.41. The van der Waals surface area contributed by atoms with Crippen LogP contribution < -0.4 is 5.32 Å². The zero-order valence-corrected chi connectivity index (χ0v) is 14.2. The fourth-order valence-electron chi connectivity index (χ4n) is 3.72. The van der Waals surface area contributed by atoms with E-state index in [1.54, 1.807) is 0 Å². The summed E-state index contributed by atoms with van der Waals surface area (Å²) in [5.74, 6) is -3.51. The van der Waals surface area contributed by atoms with E-state index in [1.165, 1.54) is 13.8 Å². The van der Waals surface area contributed by atoms with Crippen LogP contribution in [0.15, 0.2) is 0 Å². The average Bonchev–Trinajstić information content (AvgIpc) is 3.05. The van der Waals surface area contributed by atoms with Crippen LogP contribution in [0.5, 0.6) is 0 Å². The first-order valence-corrected chi connectivity index (χ1v) is 9.34. The number of sulfone groups is 1. The molecule has 3 aliphatic heterocycles. The molecule has 2 N–H and O–H groups in total. The standard InChI is InChI=1S/C14H20N2O7S/c1-14(2)9(12(18)19)16-10(17)7(11(16)24(14,21)22)6-23-13(20)8-4-3-5-15-8/h7-9,11,15H,3-6H2,1-2H3,(H,18,19)/t7-,8-,9-,11+/m0/s1. The molecule has 3 heterocycles. The minimum absolute atomic E-state index is 0.349. The molecule has 0 radical (unpaired) electrons. The molecule has 9 nitrogen and oxygen atoms in total. The van der Waals surface area contributed by atoms with E-state index in [2.05, 4.69) is 5.32 Å². The van der Waals surface area contributed by atoms with Gasteiger partial charge in [-0.2, -0.15) is 0 Å². The first-order valence-electron chi connectivity index (χ1n) is 7.79. The van der Waals surface area contributed by atoms with Gasteiger partial charge in [-0.1, -0.05) is 0 Å². The molecule has 1 amide bonds. The van der Waals surface area contributed by atoms with Crippen LogP contribution in [0, 0.1) is 5.92 Å². The molecule has 10 heteroatoms. The van der Waals surface area contributed by atoms with Crippen molar-refractivity contribution < 1.29 is 32.6 Å². The molecule has 24 heavy (non-hydrogen) atoms. The molecule has 0 bridgehead atoms. The smallest absolute Gasteiger partial charge is 0.328 e. The van der Waals surface area contributed by atoms with Crippen molar-refractivity contribution in [2.75, 3.05) is 13.2 Å². The Labute approximate surface area is 139 Å². The Kier molecular flexibility index (Phi) is 3.87. The number of rotatable bonds is 4. The summed E-state index contributed by atoms with van der Waals surface area (Å²) >= 11 is 0. The lowest BCUT2D eigenvalue weighted by atomic mass is 9.92. The summed E-state index contributed by atoms with van der Waals surface area (Å²) in [6, 6.07) is -1.86. The van der Waals surface area contributed by atoms with Crippen LogP contribution in [-0.2, 0) is 29.0 Å². The quantitative estimate of drug-likeness (QED) is 0.469. The van der Waals surface area contributed by atoms with Gasteiger partial charge in [-0.25, -0.2) is 13.2 Å². The Morgan fingerprint density at radius 1 is 1.42 bits per heavy atom. The molecule has 4 atom stereocenters. The van der Waals surface area contributed by atoms with Crippen molar-refractivity contribution in [1.29, 1.82) is 0 Å². The molecule has 0 unspecified atom stereocenters. The number of β-lactam (4-membered cyclic amide) rings is 1. The van der Waals surface area contributed by atoms with Gasteiger partial charge in [0.25, 0.3) is 0 Å². The monoisotopic (exact) mass is 360 g/mol. The van der Waals surface area contributed by atoms with Gasteiger partial charge < -0.3 is 20.1 Å². The van der Waals surface area contributed by atoms with E-state index >= 15 is 0 Å². The molecule has 3 saturated heterocycles. The summed E-state index contributed by atoms with van der Waals surface area (Å²) in [6.45, 7) is 2.97. The summed E-state index contributed by atoms with van der Waals surface area (Å²) < 4.78 is 28.8. The number of carboxylic acids is 1. The molecule has 0 aromatic rings. The highest BCUT2D eigenvalue weighted by atomic mass is 32.2. The molecule has 0 aromatic heterocycles. The number of carbonyl (C=O) groups is 3. The van der Waals surface area contributed by atoms with E-state index in [0.717, 1.165) is 11.3 Å². The Morgan fingerprint density at radius 2 is 2.08 bits per heavy atom. The summed E-state index contributed by atoms with van der Waals surface area (Å²) in [5.41, 5.74) is 0. The molecule has 0 aliphatic carbocycles. The van der Waals surface area contributed by atoms with Gasteiger partial charge in [-0.15, -0.1) is 0 Å². The Balaban J connectivity index is 1.75. The Hall–Kier alpha value is -1.68. The SMILES string of the molecule is CC1(C)[C@H](C(=O)O)N2C(=O)[C@H](COC(=O)[C@@H]3CCCN3)[C@H]2S1(=O)=O. The van der Waals surface area contributed by atoms with Crippen LogP contribution in [0.3, 0.4) is 0 Å². The van der Waals surface area contributed by atoms with Crippen molar-refractivity contribution in [3.63, 3.8) is 0 Å². The maximum atomic E-state index is 12.6. The number of amides is 1. The third-order valence-corrected chi connectivity index (χ3v) is 8.04. The highest BCUT2D eigenvalue weighted by molar-refractivity contribution is 7.93. The van der Waals surface area contributed by atoms with E-state index in [1.807, 2.05) is 0 Å². The van der Waals surface area contributed by atoms with E-state index < -0.39 is 55.8 Å². The zero-order valence-electron chi connectivity index (χ0n) is 13.4. The third kappa shape index (κ3) is 2.16. The average molecular weight is 360 g/mol. The number of ether oxygens (including phenoxy) is 1. The fraction of sp³-hybridized carbons (Fsp3) is 0.786. The number of carboxylic acid groups (broad SMARTS) is 1. The molecule has 3 aliphatic rings. The topological polar surface area (TPSA) is 130 Å². The van der Waals surface area contributed by atoms with Crippen LogP contribution in [0.2, 0.25) is 0 Å². The number of hydrogen-bond acceptors (Lipinski definition) is 7. The van der Waals surface area contributed by atoms with Gasteiger partial charge in [0.1, 0.15) is 24.6 Å². The van der Waals surface area contributed by atoms with E-state index in [9.17, 15) is 27.9 Å². The second-order valence-corrected chi connectivity index (χ2v) is 9.54.